The van der Waals surface area contributed by atoms with Gasteiger partial charge in [-0.15, -0.1) is 0 Å². The van der Waals surface area contributed by atoms with Gasteiger partial charge in [-0.3, -0.25) is 4.79 Å². The van der Waals surface area contributed by atoms with Crippen LogP contribution in [0.1, 0.15) is 25.7 Å². The SMILES string of the molecule is NC1(C(=O)Nc2ccc(OCC3CC3)cc2)CCOCC1. The zero-order valence-electron chi connectivity index (χ0n) is 12.1. The normalized spacial score (nSPS) is 20.8. The third-order valence-electron chi connectivity index (χ3n) is 4.13. The Morgan fingerprint density at radius 1 is 1.29 bits per heavy atom. The lowest BCUT2D eigenvalue weighted by Gasteiger charge is -2.31. The van der Waals surface area contributed by atoms with E-state index in [2.05, 4.69) is 5.32 Å². The molecule has 1 aromatic rings. The van der Waals surface area contributed by atoms with Gasteiger partial charge in [-0.05, 0) is 55.9 Å². The predicted octanol–water partition coefficient (Wildman–Crippen LogP) is 1.92. The van der Waals surface area contributed by atoms with E-state index in [-0.39, 0.29) is 5.91 Å². The first-order valence-corrected chi connectivity index (χ1v) is 7.57. The van der Waals surface area contributed by atoms with Crippen LogP contribution in [0, 0.1) is 5.92 Å². The van der Waals surface area contributed by atoms with E-state index in [0.29, 0.717) is 26.1 Å². The van der Waals surface area contributed by atoms with E-state index in [1.54, 1.807) is 0 Å². The lowest BCUT2D eigenvalue weighted by Crippen LogP contribution is -2.54. The number of nitrogens with one attached hydrogen (secondary N) is 1. The highest BCUT2D eigenvalue weighted by Crippen LogP contribution is 2.29. The average Bonchev–Trinajstić information content (AvgIpc) is 3.31. The summed E-state index contributed by atoms with van der Waals surface area (Å²) in [5.74, 6) is 1.43. The van der Waals surface area contributed by atoms with E-state index in [4.69, 9.17) is 15.2 Å². The summed E-state index contributed by atoms with van der Waals surface area (Å²) in [4.78, 5) is 12.3. The summed E-state index contributed by atoms with van der Waals surface area (Å²) >= 11 is 0. The fraction of sp³-hybridized carbons (Fsp3) is 0.562. The van der Waals surface area contributed by atoms with Crippen LogP contribution in [0.15, 0.2) is 24.3 Å². The molecule has 2 fully saturated rings. The molecule has 3 N–H and O–H groups in total. The van der Waals surface area contributed by atoms with E-state index in [0.717, 1.165) is 24.0 Å². The predicted molar refractivity (Wildman–Crippen MR) is 80.3 cm³/mol. The first-order chi connectivity index (χ1) is 10.2. The smallest absolute Gasteiger partial charge is 0.244 e. The molecule has 0 unspecified atom stereocenters. The average molecular weight is 290 g/mol. The summed E-state index contributed by atoms with van der Waals surface area (Å²) in [6.07, 6.45) is 3.66. The van der Waals surface area contributed by atoms with Gasteiger partial charge in [0.2, 0.25) is 5.91 Å². The second-order valence-electron chi connectivity index (χ2n) is 6.00. The molecule has 1 amide bonds. The Labute approximate surface area is 124 Å². The maximum atomic E-state index is 12.3. The molecule has 0 aromatic heterocycles. The van der Waals surface area contributed by atoms with Crippen molar-refractivity contribution in [3.05, 3.63) is 24.3 Å². The van der Waals surface area contributed by atoms with E-state index < -0.39 is 5.54 Å². The minimum absolute atomic E-state index is 0.141. The number of nitrogens with two attached hydrogens (primary N) is 1. The first kappa shape index (κ1) is 14.4. The van der Waals surface area contributed by atoms with Crippen molar-refractivity contribution in [3.8, 4) is 5.75 Å². The molecular formula is C16H22N2O3. The van der Waals surface area contributed by atoms with Crippen LogP contribution in [-0.2, 0) is 9.53 Å². The Bertz CT molecular complexity index is 491. The van der Waals surface area contributed by atoms with Crippen LogP contribution in [0.2, 0.25) is 0 Å². The van der Waals surface area contributed by atoms with Crippen LogP contribution in [0.3, 0.4) is 0 Å². The molecule has 5 nitrogen and oxygen atoms in total. The lowest BCUT2D eigenvalue weighted by atomic mass is 9.90. The molecule has 0 atom stereocenters. The molecule has 114 valence electrons. The van der Waals surface area contributed by atoms with E-state index in [1.807, 2.05) is 24.3 Å². The summed E-state index contributed by atoms with van der Waals surface area (Å²) in [6, 6.07) is 7.46. The fourth-order valence-corrected chi connectivity index (χ4v) is 2.35. The van der Waals surface area contributed by atoms with Crippen LogP contribution in [-0.4, -0.2) is 31.3 Å². The Balaban J connectivity index is 1.55. The number of hydrogen-bond acceptors (Lipinski definition) is 4. The van der Waals surface area contributed by atoms with E-state index in [1.165, 1.54) is 12.8 Å². The van der Waals surface area contributed by atoms with Crippen molar-refractivity contribution in [1.82, 2.24) is 0 Å². The van der Waals surface area contributed by atoms with Crippen molar-refractivity contribution in [2.45, 2.75) is 31.2 Å². The first-order valence-electron chi connectivity index (χ1n) is 7.57. The molecule has 21 heavy (non-hydrogen) atoms. The maximum absolute atomic E-state index is 12.3. The Kier molecular flexibility index (Phi) is 4.12. The zero-order valence-corrected chi connectivity index (χ0v) is 12.1. The molecule has 1 aliphatic heterocycles. The number of rotatable bonds is 5. The lowest BCUT2D eigenvalue weighted by molar-refractivity contribution is -0.124. The molecule has 0 radical (unpaired) electrons. The van der Waals surface area contributed by atoms with Crippen molar-refractivity contribution in [2.24, 2.45) is 11.7 Å². The molecule has 0 spiro atoms. The van der Waals surface area contributed by atoms with Crippen molar-refractivity contribution >= 4 is 11.6 Å². The number of carbonyl (C=O) groups excluding carboxylic acids is 1. The highest BCUT2D eigenvalue weighted by atomic mass is 16.5. The van der Waals surface area contributed by atoms with Crippen molar-refractivity contribution in [3.63, 3.8) is 0 Å². The third kappa shape index (κ3) is 3.74. The molecular weight excluding hydrogens is 268 g/mol. The van der Waals surface area contributed by atoms with Gasteiger partial charge in [0, 0.05) is 18.9 Å². The van der Waals surface area contributed by atoms with Gasteiger partial charge in [0.15, 0.2) is 0 Å². The molecule has 2 aliphatic rings. The zero-order chi connectivity index (χ0) is 14.7. The molecule has 1 aliphatic carbocycles. The van der Waals surface area contributed by atoms with Gasteiger partial charge in [0.1, 0.15) is 11.3 Å². The van der Waals surface area contributed by atoms with E-state index >= 15 is 0 Å². The monoisotopic (exact) mass is 290 g/mol. The van der Waals surface area contributed by atoms with Crippen LogP contribution in [0.5, 0.6) is 5.75 Å². The number of carbonyl (C=O) groups is 1. The molecule has 1 aromatic carbocycles. The molecule has 5 heteroatoms. The quantitative estimate of drug-likeness (QED) is 0.869. The summed E-state index contributed by atoms with van der Waals surface area (Å²) in [7, 11) is 0. The van der Waals surface area contributed by atoms with Gasteiger partial charge in [-0.2, -0.15) is 0 Å². The van der Waals surface area contributed by atoms with Gasteiger partial charge in [0.25, 0.3) is 0 Å². The largest absolute Gasteiger partial charge is 0.493 e. The number of ether oxygens (including phenoxy) is 2. The van der Waals surface area contributed by atoms with Crippen LogP contribution >= 0.6 is 0 Å². The van der Waals surface area contributed by atoms with Crippen molar-refractivity contribution < 1.29 is 14.3 Å². The molecule has 1 saturated carbocycles. The number of benzene rings is 1. The van der Waals surface area contributed by atoms with E-state index in [9.17, 15) is 4.79 Å². The van der Waals surface area contributed by atoms with Gasteiger partial charge < -0.3 is 20.5 Å². The summed E-state index contributed by atoms with van der Waals surface area (Å²) in [6.45, 7) is 1.87. The molecule has 1 heterocycles. The highest BCUT2D eigenvalue weighted by Gasteiger charge is 2.35. The minimum Gasteiger partial charge on any atom is -0.493 e. The third-order valence-corrected chi connectivity index (χ3v) is 4.13. The summed E-state index contributed by atoms with van der Waals surface area (Å²) < 4.78 is 10.9. The second kappa shape index (κ2) is 6.03. The van der Waals surface area contributed by atoms with Crippen molar-refractivity contribution in [2.75, 3.05) is 25.1 Å². The standard InChI is InChI=1S/C16H22N2O3/c17-16(7-9-20-10-8-16)15(19)18-13-3-5-14(6-4-13)21-11-12-1-2-12/h3-6,12H,1-2,7-11,17H2,(H,18,19). The molecule has 0 bridgehead atoms. The van der Waals surface area contributed by atoms with Crippen molar-refractivity contribution in [1.29, 1.82) is 0 Å². The minimum atomic E-state index is -0.820. The van der Waals surface area contributed by atoms with Gasteiger partial charge in [-0.25, -0.2) is 0 Å². The fourth-order valence-electron chi connectivity index (χ4n) is 2.35. The maximum Gasteiger partial charge on any atom is 0.244 e. The Morgan fingerprint density at radius 2 is 1.95 bits per heavy atom. The Hall–Kier alpha value is -1.59. The van der Waals surface area contributed by atoms with Crippen LogP contribution < -0.4 is 15.8 Å². The van der Waals surface area contributed by atoms with Crippen LogP contribution in [0.25, 0.3) is 0 Å². The highest BCUT2D eigenvalue weighted by molar-refractivity contribution is 5.98. The Morgan fingerprint density at radius 3 is 2.57 bits per heavy atom. The van der Waals surface area contributed by atoms with Crippen LogP contribution in [0.4, 0.5) is 5.69 Å². The second-order valence-corrected chi connectivity index (χ2v) is 6.00. The number of anilines is 1. The van der Waals surface area contributed by atoms with Gasteiger partial charge in [-0.1, -0.05) is 0 Å². The number of hydrogen-bond donors (Lipinski definition) is 2. The molecule has 3 rings (SSSR count). The summed E-state index contributed by atoms with van der Waals surface area (Å²) in [5, 5.41) is 2.88. The molecule has 1 saturated heterocycles. The van der Waals surface area contributed by atoms with Gasteiger partial charge >= 0.3 is 0 Å². The topological polar surface area (TPSA) is 73.6 Å². The number of amides is 1. The van der Waals surface area contributed by atoms with Gasteiger partial charge in [0.05, 0.1) is 6.61 Å². The summed E-state index contributed by atoms with van der Waals surface area (Å²) in [5.41, 5.74) is 6.08.